The van der Waals surface area contributed by atoms with Crippen molar-refractivity contribution in [2.24, 2.45) is 23.7 Å². The van der Waals surface area contributed by atoms with Gasteiger partial charge < -0.3 is 10.2 Å². The van der Waals surface area contributed by atoms with E-state index in [0.29, 0.717) is 0 Å². The van der Waals surface area contributed by atoms with E-state index in [1.54, 1.807) is 0 Å². The number of nitrogens with one attached hydrogen (secondary N) is 1. The molecule has 0 aliphatic carbocycles. The van der Waals surface area contributed by atoms with Crippen LogP contribution >= 0.6 is 0 Å². The summed E-state index contributed by atoms with van der Waals surface area (Å²) in [6.07, 6.45) is 0. The highest BCUT2D eigenvalue weighted by Crippen LogP contribution is 2.25. The Labute approximate surface area is 88.1 Å². The Bertz CT molecular complexity index is 179. The summed E-state index contributed by atoms with van der Waals surface area (Å²) in [5.74, 6) is 3.64. The van der Waals surface area contributed by atoms with Crippen LogP contribution in [0.4, 0.5) is 0 Å². The molecule has 0 amide bonds. The molecule has 2 rings (SSSR count). The molecule has 3 atom stereocenters. The Hall–Kier alpha value is -0.0800. The summed E-state index contributed by atoms with van der Waals surface area (Å²) in [5, 5.41) is 3.37. The van der Waals surface area contributed by atoms with Gasteiger partial charge in [-0.15, -0.1) is 0 Å². The van der Waals surface area contributed by atoms with Crippen LogP contribution in [-0.2, 0) is 0 Å². The molecule has 2 saturated heterocycles. The third-order valence-corrected chi connectivity index (χ3v) is 4.23. The Kier molecular flexibility index (Phi) is 3.13. The van der Waals surface area contributed by atoms with Crippen LogP contribution in [0.3, 0.4) is 0 Å². The average molecular weight is 196 g/mol. The Balaban J connectivity index is 1.74. The molecule has 2 fully saturated rings. The normalized spacial score (nSPS) is 37.1. The van der Waals surface area contributed by atoms with Crippen molar-refractivity contribution < 1.29 is 0 Å². The van der Waals surface area contributed by atoms with Crippen LogP contribution in [0.5, 0.6) is 0 Å². The zero-order valence-electron chi connectivity index (χ0n) is 9.79. The summed E-state index contributed by atoms with van der Waals surface area (Å²) in [5.41, 5.74) is 0. The topological polar surface area (TPSA) is 15.3 Å². The monoisotopic (exact) mass is 196 g/mol. The molecule has 0 saturated carbocycles. The van der Waals surface area contributed by atoms with Crippen LogP contribution < -0.4 is 5.32 Å². The van der Waals surface area contributed by atoms with Gasteiger partial charge in [-0.3, -0.25) is 0 Å². The van der Waals surface area contributed by atoms with Crippen molar-refractivity contribution in [2.45, 2.75) is 20.8 Å². The molecule has 0 spiro atoms. The molecule has 0 aromatic carbocycles. The molecular weight excluding hydrogens is 172 g/mol. The first-order chi connectivity index (χ1) is 6.66. The van der Waals surface area contributed by atoms with Crippen molar-refractivity contribution in [3.63, 3.8) is 0 Å². The third-order valence-electron chi connectivity index (χ3n) is 4.23. The molecule has 2 heteroatoms. The van der Waals surface area contributed by atoms with Gasteiger partial charge in [0.1, 0.15) is 0 Å². The molecule has 0 radical (unpaired) electrons. The summed E-state index contributed by atoms with van der Waals surface area (Å²) in [4.78, 5) is 2.66. The minimum absolute atomic E-state index is 0.883. The lowest BCUT2D eigenvalue weighted by Crippen LogP contribution is -2.48. The summed E-state index contributed by atoms with van der Waals surface area (Å²) in [6, 6.07) is 0. The van der Waals surface area contributed by atoms with Gasteiger partial charge in [-0.1, -0.05) is 20.8 Å². The summed E-state index contributed by atoms with van der Waals surface area (Å²) < 4.78 is 0. The third kappa shape index (κ3) is 2.12. The van der Waals surface area contributed by atoms with Crippen LogP contribution in [0, 0.1) is 23.7 Å². The number of hydrogen-bond donors (Lipinski definition) is 1. The second-order valence-electron chi connectivity index (χ2n) is 5.57. The quantitative estimate of drug-likeness (QED) is 0.734. The summed E-state index contributed by atoms with van der Waals surface area (Å²) >= 11 is 0. The zero-order valence-corrected chi connectivity index (χ0v) is 9.79. The second-order valence-corrected chi connectivity index (χ2v) is 5.57. The van der Waals surface area contributed by atoms with Crippen molar-refractivity contribution >= 4 is 0 Å². The van der Waals surface area contributed by atoms with E-state index in [0.717, 1.165) is 23.7 Å². The van der Waals surface area contributed by atoms with Gasteiger partial charge in [-0.2, -0.15) is 0 Å². The fraction of sp³-hybridized carbons (Fsp3) is 1.00. The van der Waals surface area contributed by atoms with Crippen molar-refractivity contribution in [2.75, 3.05) is 32.7 Å². The lowest BCUT2D eigenvalue weighted by atomic mass is 9.88. The molecule has 0 bridgehead atoms. The van der Waals surface area contributed by atoms with Gasteiger partial charge in [0.2, 0.25) is 0 Å². The average Bonchev–Trinajstić information content (AvgIpc) is 2.26. The molecule has 2 heterocycles. The Morgan fingerprint density at radius 3 is 2.21 bits per heavy atom. The largest absolute Gasteiger partial charge is 0.316 e. The highest BCUT2D eigenvalue weighted by atomic mass is 15.2. The first-order valence-electron chi connectivity index (χ1n) is 6.10. The van der Waals surface area contributed by atoms with Gasteiger partial charge in [-0.05, 0) is 36.8 Å². The van der Waals surface area contributed by atoms with E-state index < -0.39 is 0 Å². The standard InChI is InChI=1S/C12H24N2/c1-9-6-14(7-10(9)2)8-11(3)12-4-13-5-12/h9-13H,4-8H2,1-3H3. The van der Waals surface area contributed by atoms with Crippen molar-refractivity contribution in [1.82, 2.24) is 10.2 Å². The minimum atomic E-state index is 0.883. The van der Waals surface area contributed by atoms with Crippen LogP contribution in [0.25, 0.3) is 0 Å². The van der Waals surface area contributed by atoms with E-state index in [-0.39, 0.29) is 0 Å². The van der Waals surface area contributed by atoms with Gasteiger partial charge in [0.05, 0.1) is 0 Å². The van der Waals surface area contributed by atoms with Gasteiger partial charge >= 0.3 is 0 Å². The van der Waals surface area contributed by atoms with E-state index in [1.807, 2.05) is 0 Å². The van der Waals surface area contributed by atoms with Crippen LogP contribution in [0.1, 0.15) is 20.8 Å². The van der Waals surface area contributed by atoms with E-state index in [1.165, 1.54) is 32.7 Å². The van der Waals surface area contributed by atoms with Gasteiger partial charge in [0.15, 0.2) is 0 Å². The van der Waals surface area contributed by atoms with Crippen LogP contribution in [0.15, 0.2) is 0 Å². The van der Waals surface area contributed by atoms with E-state index in [4.69, 9.17) is 0 Å². The second kappa shape index (κ2) is 4.19. The number of rotatable bonds is 3. The minimum Gasteiger partial charge on any atom is -0.316 e. The molecule has 3 unspecified atom stereocenters. The maximum atomic E-state index is 3.37. The molecular formula is C12H24N2. The van der Waals surface area contributed by atoms with Gasteiger partial charge in [-0.25, -0.2) is 0 Å². The highest BCUT2D eigenvalue weighted by Gasteiger charge is 2.30. The fourth-order valence-electron chi connectivity index (χ4n) is 2.67. The van der Waals surface area contributed by atoms with Crippen molar-refractivity contribution in [3.8, 4) is 0 Å². The Morgan fingerprint density at radius 1 is 1.21 bits per heavy atom. The number of likely N-dealkylation sites (tertiary alicyclic amines) is 1. The van der Waals surface area contributed by atoms with E-state index in [2.05, 4.69) is 31.0 Å². The van der Waals surface area contributed by atoms with Crippen LogP contribution in [0.2, 0.25) is 0 Å². The van der Waals surface area contributed by atoms with Crippen molar-refractivity contribution in [1.29, 1.82) is 0 Å². The fourth-order valence-corrected chi connectivity index (χ4v) is 2.67. The first kappa shape index (κ1) is 10.4. The molecule has 14 heavy (non-hydrogen) atoms. The number of nitrogens with zero attached hydrogens (tertiary/aromatic N) is 1. The molecule has 2 aliphatic rings. The predicted molar refractivity (Wildman–Crippen MR) is 60.3 cm³/mol. The molecule has 0 aromatic rings. The van der Waals surface area contributed by atoms with Crippen molar-refractivity contribution in [3.05, 3.63) is 0 Å². The predicted octanol–water partition coefficient (Wildman–Crippen LogP) is 1.43. The lowest BCUT2D eigenvalue weighted by molar-refractivity contribution is 0.182. The summed E-state index contributed by atoms with van der Waals surface area (Å²) in [6.45, 7) is 13.7. The molecule has 1 N–H and O–H groups in total. The summed E-state index contributed by atoms with van der Waals surface area (Å²) in [7, 11) is 0. The van der Waals surface area contributed by atoms with Crippen LogP contribution in [-0.4, -0.2) is 37.6 Å². The maximum absolute atomic E-state index is 3.37. The SMILES string of the molecule is CC1CN(CC(C)C2CNC2)CC1C. The molecule has 82 valence electrons. The van der Waals surface area contributed by atoms with E-state index >= 15 is 0 Å². The number of hydrogen-bond acceptors (Lipinski definition) is 2. The first-order valence-corrected chi connectivity index (χ1v) is 6.10. The highest BCUT2D eigenvalue weighted by molar-refractivity contribution is 4.84. The van der Waals surface area contributed by atoms with Gasteiger partial charge in [0, 0.05) is 19.6 Å². The van der Waals surface area contributed by atoms with Gasteiger partial charge in [0.25, 0.3) is 0 Å². The van der Waals surface area contributed by atoms with E-state index in [9.17, 15) is 0 Å². The molecule has 2 aliphatic heterocycles. The smallest absolute Gasteiger partial charge is 0.00109 e. The Morgan fingerprint density at radius 2 is 1.79 bits per heavy atom. The zero-order chi connectivity index (χ0) is 10.1. The maximum Gasteiger partial charge on any atom is 0.00109 e. The molecule has 2 nitrogen and oxygen atoms in total. The lowest BCUT2D eigenvalue weighted by Gasteiger charge is -2.34. The molecule has 0 aromatic heterocycles.